The molecule has 0 radical (unpaired) electrons. The maximum atomic E-state index is 13.0. The average Bonchev–Trinajstić information content (AvgIpc) is 2.17. The van der Waals surface area contributed by atoms with Crippen LogP contribution in [0.4, 0.5) is 4.39 Å². The van der Waals surface area contributed by atoms with Crippen LogP contribution in [0.2, 0.25) is 0 Å². The SMILES string of the molecule is COc1cc(F)c(C#N)cc1OC. The highest BCUT2D eigenvalue weighted by molar-refractivity contribution is 5.47. The topological polar surface area (TPSA) is 42.2 Å². The molecule has 1 rings (SSSR count). The summed E-state index contributed by atoms with van der Waals surface area (Å²) >= 11 is 0. The molecule has 68 valence electrons. The van der Waals surface area contributed by atoms with Gasteiger partial charge in [-0.3, -0.25) is 0 Å². The molecule has 0 aliphatic carbocycles. The van der Waals surface area contributed by atoms with Gasteiger partial charge in [0, 0.05) is 12.1 Å². The Morgan fingerprint density at radius 1 is 1.23 bits per heavy atom. The first-order valence-corrected chi connectivity index (χ1v) is 3.54. The standard InChI is InChI=1S/C9H8FNO2/c1-12-8-3-6(5-11)7(10)4-9(8)13-2/h3-4H,1-2H3. The Morgan fingerprint density at radius 3 is 2.23 bits per heavy atom. The molecule has 0 aliphatic rings. The lowest BCUT2D eigenvalue weighted by atomic mass is 10.2. The number of rotatable bonds is 2. The van der Waals surface area contributed by atoms with Crippen LogP contribution in [0.25, 0.3) is 0 Å². The number of ether oxygens (including phenoxy) is 2. The van der Waals surface area contributed by atoms with Gasteiger partial charge in [0.2, 0.25) is 0 Å². The zero-order chi connectivity index (χ0) is 9.84. The number of hydrogen-bond donors (Lipinski definition) is 0. The molecule has 0 aliphatic heterocycles. The van der Waals surface area contributed by atoms with Gasteiger partial charge < -0.3 is 9.47 Å². The molecule has 4 heteroatoms. The fraction of sp³-hybridized carbons (Fsp3) is 0.222. The van der Waals surface area contributed by atoms with Crippen molar-refractivity contribution in [3.63, 3.8) is 0 Å². The summed E-state index contributed by atoms with van der Waals surface area (Å²) in [5.74, 6) is 0.0135. The first-order valence-electron chi connectivity index (χ1n) is 3.54. The summed E-state index contributed by atoms with van der Waals surface area (Å²) in [4.78, 5) is 0. The van der Waals surface area contributed by atoms with E-state index < -0.39 is 5.82 Å². The van der Waals surface area contributed by atoms with E-state index >= 15 is 0 Å². The fourth-order valence-corrected chi connectivity index (χ4v) is 0.940. The summed E-state index contributed by atoms with van der Waals surface area (Å²) in [5.41, 5.74) is -0.0577. The summed E-state index contributed by atoms with van der Waals surface area (Å²) in [6, 6.07) is 4.13. The minimum absolute atomic E-state index is 0.0577. The van der Waals surface area contributed by atoms with E-state index in [0.29, 0.717) is 5.75 Å². The van der Waals surface area contributed by atoms with Crippen molar-refractivity contribution in [2.24, 2.45) is 0 Å². The maximum absolute atomic E-state index is 13.0. The summed E-state index contributed by atoms with van der Waals surface area (Å²) < 4.78 is 22.7. The lowest BCUT2D eigenvalue weighted by Crippen LogP contribution is -1.93. The smallest absolute Gasteiger partial charge is 0.163 e. The van der Waals surface area contributed by atoms with Crippen LogP contribution in [0.1, 0.15) is 5.56 Å². The van der Waals surface area contributed by atoms with E-state index in [1.54, 1.807) is 6.07 Å². The van der Waals surface area contributed by atoms with Gasteiger partial charge in [0.05, 0.1) is 19.8 Å². The monoisotopic (exact) mass is 181 g/mol. The van der Waals surface area contributed by atoms with Crippen LogP contribution >= 0.6 is 0 Å². The summed E-state index contributed by atoms with van der Waals surface area (Å²) in [6.45, 7) is 0. The lowest BCUT2D eigenvalue weighted by molar-refractivity contribution is 0.352. The van der Waals surface area contributed by atoms with E-state index in [1.807, 2.05) is 0 Å². The Bertz CT molecular complexity index is 357. The number of nitrogens with zero attached hydrogens (tertiary/aromatic N) is 1. The van der Waals surface area contributed by atoms with Crippen LogP contribution in [0.3, 0.4) is 0 Å². The summed E-state index contributed by atoms with van der Waals surface area (Å²) in [5, 5.41) is 8.52. The van der Waals surface area contributed by atoms with Crippen molar-refractivity contribution in [3.8, 4) is 17.6 Å². The summed E-state index contributed by atoms with van der Waals surface area (Å²) in [6.07, 6.45) is 0. The third-order valence-corrected chi connectivity index (χ3v) is 1.59. The molecule has 0 saturated heterocycles. The molecule has 0 bridgehead atoms. The van der Waals surface area contributed by atoms with E-state index in [1.165, 1.54) is 20.3 Å². The Labute approximate surface area is 75.3 Å². The first-order chi connectivity index (χ1) is 6.22. The molecule has 0 aromatic heterocycles. The molecule has 3 nitrogen and oxygen atoms in total. The van der Waals surface area contributed by atoms with Gasteiger partial charge in [-0.15, -0.1) is 0 Å². The van der Waals surface area contributed by atoms with Crippen LogP contribution < -0.4 is 9.47 Å². The Balaban J connectivity index is 3.28. The molecule has 0 N–H and O–H groups in total. The highest BCUT2D eigenvalue weighted by atomic mass is 19.1. The van der Waals surface area contributed by atoms with Crippen LogP contribution in [-0.2, 0) is 0 Å². The number of hydrogen-bond acceptors (Lipinski definition) is 3. The van der Waals surface area contributed by atoms with Crippen molar-refractivity contribution < 1.29 is 13.9 Å². The van der Waals surface area contributed by atoms with Gasteiger partial charge in [0.25, 0.3) is 0 Å². The van der Waals surface area contributed by atoms with Crippen LogP contribution in [0.15, 0.2) is 12.1 Å². The zero-order valence-electron chi connectivity index (χ0n) is 7.30. The molecule has 0 spiro atoms. The molecule has 0 amide bonds. The Morgan fingerprint density at radius 2 is 1.77 bits per heavy atom. The molecule has 0 heterocycles. The molecule has 0 fully saturated rings. The predicted molar refractivity (Wildman–Crippen MR) is 44.2 cm³/mol. The molecule has 0 unspecified atom stereocenters. The van der Waals surface area contributed by atoms with E-state index in [-0.39, 0.29) is 11.3 Å². The van der Waals surface area contributed by atoms with E-state index in [2.05, 4.69) is 0 Å². The lowest BCUT2D eigenvalue weighted by Gasteiger charge is -2.07. The van der Waals surface area contributed by atoms with Crippen molar-refractivity contribution in [3.05, 3.63) is 23.5 Å². The molecule has 0 atom stereocenters. The van der Waals surface area contributed by atoms with E-state index in [0.717, 1.165) is 6.07 Å². The van der Waals surface area contributed by atoms with E-state index in [9.17, 15) is 4.39 Å². The van der Waals surface area contributed by atoms with Gasteiger partial charge in [0.1, 0.15) is 11.9 Å². The van der Waals surface area contributed by atoms with Crippen molar-refractivity contribution in [1.29, 1.82) is 5.26 Å². The van der Waals surface area contributed by atoms with Gasteiger partial charge >= 0.3 is 0 Å². The van der Waals surface area contributed by atoms with Crippen LogP contribution in [0, 0.1) is 17.1 Å². The Hall–Kier alpha value is -1.76. The van der Waals surface area contributed by atoms with Gasteiger partial charge in [-0.05, 0) is 0 Å². The second-order valence-corrected chi connectivity index (χ2v) is 2.30. The van der Waals surface area contributed by atoms with Gasteiger partial charge in [-0.25, -0.2) is 4.39 Å². The minimum Gasteiger partial charge on any atom is -0.493 e. The fourth-order valence-electron chi connectivity index (χ4n) is 0.940. The quantitative estimate of drug-likeness (QED) is 0.697. The second-order valence-electron chi connectivity index (χ2n) is 2.30. The van der Waals surface area contributed by atoms with Crippen molar-refractivity contribution >= 4 is 0 Å². The molecule has 1 aromatic carbocycles. The minimum atomic E-state index is -0.611. The largest absolute Gasteiger partial charge is 0.493 e. The molecule has 13 heavy (non-hydrogen) atoms. The second kappa shape index (κ2) is 3.76. The number of benzene rings is 1. The predicted octanol–water partition coefficient (Wildman–Crippen LogP) is 1.71. The zero-order valence-corrected chi connectivity index (χ0v) is 7.30. The van der Waals surface area contributed by atoms with Gasteiger partial charge in [-0.2, -0.15) is 5.26 Å². The molecule has 0 saturated carbocycles. The van der Waals surface area contributed by atoms with E-state index in [4.69, 9.17) is 14.7 Å². The average molecular weight is 181 g/mol. The third kappa shape index (κ3) is 1.70. The van der Waals surface area contributed by atoms with Crippen LogP contribution in [0.5, 0.6) is 11.5 Å². The van der Waals surface area contributed by atoms with Gasteiger partial charge in [-0.1, -0.05) is 0 Å². The normalized spacial score (nSPS) is 9.08. The van der Waals surface area contributed by atoms with Crippen molar-refractivity contribution in [1.82, 2.24) is 0 Å². The highest BCUT2D eigenvalue weighted by Crippen LogP contribution is 2.29. The number of nitriles is 1. The van der Waals surface area contributed by atoms with Gasteiger partial charge in [0.15, 0.2) is 11.5 Å². The van der Waals surface area contributed by atoms with Crippen molar-refractivity contribution in [2.75, 3.05) is 14.2 Å². The van der Waals surface area contributed by atoms with Crippen LogP contribution in [-0.4, -0.2) is 14.2 Å². The number of halogens is 1. The molecular formula is C9H8FNO2. The first kappa shape index (κ1) is 9.33. The summed E-state index contributed by atoms with van der Waals surface area (Å²) in [7, 11) is 2.83. The number of methoxy groups -OCH3 is 2. The third-order valence-electron chi connectivity index (χ3n) is 1.59. The highest BCUT2D eigenvalue weighted by Gasteiger charge is 2.09. The van der Waals surface area contributed by atoms with Crippen molar-refractivity contribution in [2.45, 2.75) is 0 Å². The molecular weight excluding hydrogens is 173 g/mol. The maximum Gasteiger partial charge on any atom is 0.163 e. The Kier molecular flexibility index (Phi) is 2.70. The molecule has 1 aromatic rings.